The van der Waals surface area contributed by atoms with Crippen molar-refractivity contribution in [3.05, 3.63) is 45.7 Å². The smallest absolute Gasteiger partial charge is 0.134 e. The second kappa shape index (κ2) is 6.38. The number of halogens is 1. The molecule has 1 aromatic carbocycles. The van der Waals surface area contributed by atoms with Crippen LogP contribution in [0.3, 0.4) is 0 Å². The molecule has 2 nitrogen and oxygen atoms in total. The molecular weight excluding hydrogens is 337 g/mol. The van der Waals surface area contributed by atoms with Gasteiger partial charge in [-0.05, 0) is 60.3 Å². The zero-order valence-electron chi connectivity index (χ0n) is 10.7. The van der Waals surface area contributed by atoms with Gasteiger partial charge in [0.05, 0.1) is 0 Å². The predicted octanol–water partition coefficient (Wildman–Crippen LogP) is 4.09. The van der Waals surface area contributed by atoms with Crippen LogP contribution in [0.1, 0.15) is 19.6 Å². The van der Waals surface area contributed by atoms with Gasteiger partial charge in [0.15, 0.2) is 0 Å². The SMILES string of the molecule is CCNC(C)Cc1ccc(-c2ccc(I)cc2)o1. The van der Waals surface area contributed by atoms with Crippen LogP contribution in [0, 0.1) is 3.57 Å². The Morgan fingerprint density at radius 3 is 2.56 bits per heavy atom. The summed E-state index contributed by atoms with van der Waals surface area (Å²) in [5.74, 6) is 1.99. The third kappa shape index (κ3) is 3.59. The van der Waals surface area contributed by atoms with Crippen molar-refractivity contribution in [2.24, 2.45) is 0 Å². The van der Waals surface area contributed by atoms with Crippen LogP contribution < -0.4 is 5.32 Å². The molecule has 0 aliphatic heterocycles. The summed E-state index contributed by atoms with van der Waals surface area (Å²) in [6.07, 6.45) is 0.929. The highest BCUT2D eigenvalue weighted by molar-refractivity contribution is 14.1. The number of hydrogen-bond donors (Lipinski definition) is 1. The number of likely N-dealkylation sites (N-methyl/N-ethyl adjacent to an activating group) is 1. The lowest BCUT2D eigenvalue weighted by molar-refractivity contribution is 0.470. The normalized spacial score (nSPS) is 12.6. The van der Waals surface area contributed by atoms with Gasteiger partial charge < -0.3 is 9.73 Å². The van der Waals surface area contributed by atoms with Gasteiger partial charge in [-0.2, -0.15) is 0 Å². The van der Waals surface area contributed by atoms with E-state index >= 15 is 0 Å². The number of nitrogens with one attached hydrogen (secondary N) is 1. The minimum Gasteiger partial charge on any atom is -0.461 e. The molecule has 0 bridgehead atoms. The fraction of sp³-hybridized carbons (Fsp3) is 0.333. The average molecular weight is 355 g/mol. The van der Waals surface area contributed by atoms with Crippen LogP contribution in [0.15, 0.2) is 40.8 Å². The first-order valence-corrected chi connectivity index (χ1v) is 7.35. The molecule has 18 heavy (non-hydrogen) atoms. The predicted molar refractivity (Wildman–Crippen MR) is 83.7 cm³/mol. The molecule has 3 heteroatoms. The molecule has 0 aliphatic rings. The minimum absolute atomic E-state index is 0.450. The molecule has 1 N–H and O–H groups in total. The van der Waals surface area contributed by atoms with E-state index in [0.29, 0.717) is 6.04 Å². The van der Waals surface area contributed by atoms with Gasteiger partial charge in [0.2, 0.25) is 0 Å². The molecule has 1 unspecified atom stereocenters. The van der Waals surface area contributed by atoms with E-state index in [2.05, 4.69) is 78.2 Å². The van der Waals surface area contributed by atoms with Crippen molar-refractivity contribution >= 4 is 22.6 Å². The van der Waals surface area contributed by atoms with Gasteiger partial charge in [-0.25, -0.2) is 0 Å². The van der Waals surface area contributed by atoms with Crippen LogP contribution in [0.2, 0.25) is 0 Å². The Balaban J connectivity index is 2.08. The Morgan fingerprint density at radius 2 is 1.89 bits per heavy atom. The monoisotopic (exact) mass is 355 g/mol. The minimum atomic E-state index is 0.450. The molecule has 96 valence electrons. The first-order chi connectivity index (χ1) is 8.69. The molecule has 2 aromatic rings. The van der Waals surface area contributed by atoms with Crippen LogP contribution in [-0.4, -0.2) is 12.6 Å². The molecule has 2 rings (SSSR count). The third-order valence-electron chi connectivity index (χ3n) is 2.85. The van der Waals surface area contributed by atoms with Crippen molar-refractivity contribution < 1.29 is 4.42 Å². The van der Waals surface area contributed by atoms with E-state index in [4.69, 9.17) is 4.42 Å². The maximum absolute atomic E-state index is 5.88. The summed E-state index contributed by atoms with van der Waals surface area (Å²) in [7, 11) is 0. The lowest BCUT2D eigenvalue weighted by Crippen LogP contribution is -2.27. The third-order valence-corrected chi connectivity index (χ3v) is 3.57. The largest absolute Gasteiger partial charge is 0.461 e. The fourth-order valence-electron chi connectivity index (χ4n) is 1.98. The first kappa shape index (κ1) is 13.6. The molecule has 1 aromatic heterocycles. The number of furan rings is 1. The van der Waals surface area contributed by atoms with E-state index in [1.165, 1.54) is 3.57 Å². The summed E-state index contributed by atoms with van der Waals surface area (Å²) in [5, 5.41) is 3.39. The second-order valence-corrected chi connectivity index (χ2v) is 5.68. The van der Waals surface area contributed by atoms with Gasteiger partial charge in [0.1, 0.15) is 11.5 Å². The van der Waals surface area contributed by atoms with E-state index in [9.17, 15) is 0 Å². The highest BCUT2D eigenvalue weighted by Gasteiger charge is 2.08. The van der Waals surface area contributed by atoms with E-state index in [1.807, 2.05) is 0 Å². The number of hydrogen-bond acceptors (Lipinski definition) is 2. The molecule has 1 heterocycles. The zero-order chi connectivity index (χ0) is 13.0. The Kier molecular flexibility index (Phi) is 4.83. The molecule has 0 fully saturated rings. The maximum atomic E-state index is 5.88. The molecule has 0 spiro atoms. The lowest BCUT2D eigenvalue weighted by Gasteiger charge is -2.09. The van der Waals surface area contributed by atoms with Crippen molar-refractivity contribution in [1.82, 2.24) is 5.32 Å². The summed E-state index contributed by atoms with van der Waals surface area (Å²) in [4.78, 5) is 0. The standard InChI is InChI=1S/C15H18INO/c1-3-17-11(2)10-14-8-9-15(18-14)12-4-6-13(16)7-5-12/h4-9,11,17H,3,10H2,1-2H3. The van der Waals surface area contributed by atoms with E-state index < -0.39 is 0 Å². The highest BCUT2D eigenvalue weighted by atomic mass is 127. The van der Waals surface area contributed by atoms with Gasteiger partial charge in [0.25, 0.3) is 0 Å². The summed E-state index contributed by atoms with van der Waals surface area (Å²) in [5.41, 5.74) is 1.14. The van der Waals surface area contributed by atoms with Gasteiger partial charge in [-0.3, -0.25) is 0 Å². The second-order valence-electron chi connectivity index (χ2n) is 4.44. The van der Waals surface area contributed by atoms with E-state index in [-0.39, 0.29) is 0 Å². The Bertz CT molecular complexity index is 489. The van der Waals surface area contributed by atoms with Crippen molar-refractivity contribution in [2.75, 3.05) is 6.54 Å². The van der Waals surface area contributed by atoms with E-state index in [1.54, 1.807) is 0 Å². The summed E-state index contributed by atoms with van der Waals surface area (Å²) in [6, 6.07) is 13.0. The fourth-order valence-corrected chi connectivity index (χ4v) is 2.34. The lowest BCUT2D eigenvalue weighted by atomic mass is 10.2. The number of benzene rings is 1. The first-order valence-electron chi connectivity index (χ1n) is 6.27. The maximum Gasteiger partial charge on any atom is 0.134 e. The van der Waals surface area contributed by atoms with Crippen LogP contribution in [0.5, 0.6) is 0 Å². The van der Waals surface area contributed by atoms with Crippen molar-refractivity contribution in [2.45, 2.75) is 26.3 Å². The summed E-state index contributed by atoms with van der Waals surface area (Å²) in [6.45, 7) is 5.29. The molecule has 0 amide bonds. The van der Waals surface area contributed by atoms with Gasteiger partial charge in [-0.15, -0.1) is 0 Å². The summed E-state index contributed by atoms with van der Waals surface area (Å²) >= 11 is 2.31. The van der Waals surface area contributed by atoms with Crippen LogP contribution in [-0.2, 0) is 6.42 Å². The van der Waals surface area contributed by atoms with Crippen molar-refractivity contribution in [3.63, 3.8) is 0 Å². The molecule has 0 saturated heterocycles. The Labute approximate surface area is 122 Å². The summed E-state index contributed by atoms with van der Waals surface area (Å²) < 4.78 is 7.12. The van der Waals surface area contributed by atoms with Crippen LogP contribution in [0.4, 0.5) is 0 Å². The quantitative estimate of drug-likeness (QED) is 0.818. The van der Waals surface area contributed by atoms with Crippen molar-refractivity contribution in [1.29, 1.82) is 0 Å². The van der Waals surface area contributed by atoms with Crippen molar-refractivity contribution in [3.8, 4) is 11.3 Å². The van der Waals surface area contributed by atoms with Crippen LogP contribution in [0.25, 0.3) is 11.3 Å². The topological polar surface area (TPSA) is 25.2 Å². The van der Waals surface area contributed by atoms with E-state index in [0.717, 1.165) is 30.0 Å². The molecule has 0 radical (unpaired) electrons. The molecular formula is C15H18INO. The molecule has 1 atom stereocenters. The van der Waals surface area contributed by atoms with Gasteiger partial charge in [-0.1, -0.05) is 19.1 Å². The number of rotatable bonds is 5. The van der Waals surface area contributed by atoms with Crippen LogP contribution >= 0.6 is 22.6 Å². The zero-order valence-corrected chi connectivity index (χ0v) is 12.9. The highest BCUT2D eigenvalue weighted by Crippen LogP contribution is 2.23. The Hall–Kier alpha value is -0.810. The molecule has 0 saturated carbocycles. The molecule has 0 aliphatic carbocycles. The van der Waals surface area contributed by atoms with Gasteiger partial charge >= 0.3 is 0 Å². The Morgan fingerprint density at radius 1 is 1.17 bits per heavy atom. The average Bonchev–Trinajstić information content (AvgIpc) is 2.78. The van der Waals surface area contributed by atoms with Gasteiger partial charge in [0, 0.05) is 21.6 Å².